The van der Waals surface area contributed by atoms with Gasteiger partial charge in [-0.2, -0.15) is 0 Å². The topological polar surface area (TPSA) is 38.8 Å². The second kappa shape index (κ2) is 9.26. The maximum Gasteiger partial charge on any atom is 0.260 e. The van der Waals surface area contributed by atoms with E-state index in [4.69, 9.17) is 32.7 Å². The number of hydrogen-bond donors (Lipinski definition) is 0. The molecule has 0 saturated carbocycles. The van der Waals surface area contributed by atoms with Crippen LogP contribution in [0.25, 0.3) is 0 Å². The Morgan fingerprint density at radius 3 is 2.69 bits per heavy atom. The fourth-order valence-electron chi connectivity index (χ4n) is 2.90. The molecule has 2 aromatic rings. The highest BCUT2D eigenvalue weighted by Gasteiger charge is 2.23. The molecule has 0 spiro atoms. The van der Waals surface area contributed by atoms with Crippen molar-refractivity contribution in [3.8, 4) is 5.75 Å². The van der Waals surface area contributed by atoms with Gasteiger partial charge in [0.1, 0.15) is 5.75 Å². The molecule has 0 bridgehead atoms. The quantitative estimate of drug-likeness (QED) is 0.690. The number of hydrogen-bond acceptors (Lipinski definition) is 3. The fourth-order valence-corrected chi connectivity index (χ4v) is 3.37. The fraction of sp³-hybridized carbons (Fsp3) is 0.350. The molecule has 1 fully saturated rings. The number of halogens is 2. The van der Waals surface area contributed by atoms with Gasteiger partial charge >= 0.3 is 0 Å². The van der Waals surface area contributed by atoms with Crippen molar-refractivity contribution in [1.29, 1.82) is 0 Å². The number of ether oxygens (including phenoxy) is 2. The van der Waals surface area contributed by atoms with Crippen LogP contribution in [0.2, 0.25) is 10.0 Å². The lowest BCUT2D eigenvalue weighted by molar-refractivity contribution is -0.135. The van der Waals surface area contributed by atoms with Gasteiger partial charge < -0.3 is 14.4 Å². The molecule has 0 radical (unpaired) electrons. The van der Waals surface area contributed by atoms with Crippen LogP contribution in [0.5, 0.6) is 5.75 Å². The minimum Gasteiger partial charge on any atom is -0.484 e. The lowest BCUT2D eigenvalue weighted by Gasteiger charge is -2.26. The number of carbonyl (C=O) groups excluding carboxylic acids is 1. The molecule has 0 aromatic heterocycles. The van der Waals surface area contributed by atoms with Gasteiger partial charge in [0.15, 0.2) is 6.61 Å². The summed E-state index contributed by atoms with van der Waals surface area (Å²) >= 11 is 12.2. The van der Waals surface area contributed by atoms with Crippen LogP contribution in [0, 0.1) is 0 Å². The van der Waals surface area contributed by atoms with Crippen molar-refractivity contribution >= 4 is 29.1 Å². The Labute approximate surface area is 163 Å². The summed E-state index contributed by atoms with van der Waals surface area (Å²) in [5.74, 6) is 0.567. The molecule has 26 heavy (non-hydrogen) atoms. The zero-order valence-corrected chi connectivity index (χ0v) is 15.9. The van der Waals surface area contributed by atoms with E-state index < -0.39 is 0 Å². The van der Waals surface area contributed by atoms with Crippen LogP contribution in [0.15, 0.2) is 48.5 Å². The first kappa shape index (κ1) is 19.0. The third-order valence-electron chi connectivity index (χ3n) is 4.28. The first-order valence-electron chi connectivity index (χ1n) is 8.63. The van der Waals surface area contributed by atoms with E-state index in [0.29, 0.717) is 28.9 Å². The monoisotopic (exact) mass is 393 g/mol. The lowest BCUT2D eigenvalue weighted by atomic mass is 10.1. The zero-order valence-electron chi connectivity index (χ0n) is 14.4. The summed E-state index contributed by atoms with van der Waals surface area (Å²) < 4.78 is 11.3. The highest BCUT2D eigenvalue weighted by Crippen LogP contribution is 2.23. The molecule has 3 rings (SSSR count). The summed E-state index contributed by atoms with van der Waals surface area (Å²) in [6.07, 6.45) is 2.04. The minimum absolute atomic E-state index is 0.0259. The Kier molecular flexibility index (Phi) is 6.78. The highest BCUT2D eigenvalue weighted by molar-refractivity contribution is 6.35. The van der Waals surface area contributed by atoms with Crippen LogP contribution >= 0.6 is 23.2 Å². The standard InChI is InChI=1S/C20H21Cl2NO3/c21-16-9-8-15(19(22)11-16)12-23(13-18-7-4-10-25-18)20(24)14-26-17-5-2-1-3-6-17/h1-3,5-6,8-9,11,18H,4,7,10,12-14H2/t18-/m0/s1. The maximum absolute atomic E-state index is 12.8. The average molecular weight is 394 g/mol. The molecule has 1 saturated heterocycles. The third kappa shape index (κ3) is 5.37. The van der Waals surface area contributed by atoms with Crippen molar-refractivity contribution in [2.75, 3.05) is 19.8 Å². The van der Waals surface area contributed by atoms with E-state index in [1.54, 1.807) is 17.0 Å². The second-order valence-electron chi connectivity index (χ2n) is 6.25. The van der Waals surface area contributed by atoms with Crippen molar-refractivity contribution in [2.24, 2.45) is 0 Å². The SMILES string of the molecule is O=C(COc1ccccc1)N(Cc1ccc(Cl)cc1Cl)C[C@@H]1CCCO1. The second-order valence-corrected chi connectivity index (χ2v) is 7.09. The van der Waals surface area contributed by atoms with E-state index >= 15 is 0 Å². The van der Waals surface area contributed by atoms with Gasteiger partial charge in [-0.05, 0) is 42.7 Å². The number of benzene rings is 2. The molecular weight excluding hydrogens is 373 g/mol. The van der Waals surface area contributed by atoms with E-state index in [1.807, 2.05) is 36.4 Å². The van der Waals surface area contributed by atoms with Crippen LogP contribution in [-0.4, -0.2) is 36.7 Å². The molecule has 0 N–H and O–H groups in total. The summed E-state index contributed by atoms with van der Waals surface area (Å²) in [5, 5.41) is 1.12. The molecule has 2 aromatic carbocycles. The first-order valence-corrected chi connectivity index (χ1v) is 9.38. The van der Waals surface area contributed by atoms with Gasteiger partial charge in [-0.3, -0.25) is 4.79 Å². The highest BCUT2D eigenvalue weighted by atomic mass is 35.5. The van der Waals surface area contributed by atoms with Crippen LogP contribution in [-0.2, 0) is 16.1 Å². The number of nitrogens with zero attached hydrogens (tertiary/aromatic N) is 1. The van der Waals surface area contributed by atoms with Gasteiger partial charge in [-0.1, -0.05) is 47.5 Å². The summed E-state index contributed by atoms with van der Waals surface area (Å²) in [6.45, 7) is 1.64. The summed E-state index contributed by atoms with van der Waals surface area (Å²) in [5.41, 5.74) is 0.849. The van der Waals surface area contributed by atoms with Gasteiger partial charge in [0, 0.05) is 29.7 Å². The number of rotatable bonds is 7. The number of amides is 1. The maximum atomic E-state index is 12.8. The summed E-state index contributed by atoms with van der Waals surface area (Å²) in [7, 11) is 0. The summed E-state index contributed by atoms with van der Waals surface area (Å²) in [6, 6.07) is 14.6. The Morgan fingerprint density at radius 2 is 2.00 bits per heavy atom. The molecule has 0 aliphatic carbocycles. The van der Waals surface area contributed by atoms with Crippen LogP contribution in [0.3, 0.4) is 0 Å². The van der Waals surface area contributed by atoms with Crippen LogP contribution in [0.1, 0.15) is 18.4 Å². The molecule has 6 heteroatoms. The van der Waals surface area contributed by atoms with Gasteiger partial charge in [0.25, 0.3) is 5.91 Å². The van der Waals surface area contributed by atoms with Gasteiger partial charge in [-0.15, -0.1) is 0 Å². The molecule has 1 amide bonds. The van der Waals surface area contributed by atoms with Crippen molar-refractivity contribution in [2.45, 2.75) is 25.5 Å². The molecular formula is C20H21Cl2NO3. The van der Waals surface area contributed by atoms with E-state index in [0.717, 1.165) is 25.0 Å². The molecule has 138 valence electrons. The first-order chi connectivity index (χ1) is 12.6. The van der Waals surface area contributed by atoms with Crippen molar-refractivity contribution in [3.63, 3.8) is 0 Å². The van der Waals surface area contributed by atoms with Crippen LogP contribution in [0.4, 0.5) is 0 Å². The summed E-state index contributed by atoms with van der Waals surface area (Å²) in [4.78, 5) is 14.5. The molecule has 1 aliphatic heterocycles. The Morgan fingerprint density at radius 1 is 1.19 bits per heavy atom. The zero-order chi connectivity index (χ0) is 18.4. The van der Waals surface area contributed by atoms with Crippen LogP contribution < -0.4 is 4.74 Å². The van der Waals surface area contributed by atoms with Crippen molar-refractivity contribution < 1.29 is 14.3 Å². The lowest BCUT2D eigenvalue weighted by Crippen LogP contribution is -2.39. The molecule has 0 unspecified atom stereocenters. The number of para-hydroxylation sites is 1. The normalized spacial score (nSPS) is 16.5. The van der Waals surface area contributed by atoms with Gasteiger partial charge in [0.2, 0.25) is 0 Å². The molecule has 1 atom stereocenters. The Bertz CT molecular complexity index is 733. The predicted octanol–water partition coefficient (Wildman–Crippen LogP) is 4.58. The average Bonchev–Trinajstić information content (AvgIpc) is 3.15. The van der Waals surface area contributed by atoms with E-state index in [9.17, 15) is 4.79 Å². The third-order valence-corrected chi connectivity index (χ3v) is 4.87. The van der Waals surface area contributed by atoms with E-state index in [1.165, 1.54) is 0 Å². The van der Waals surface area contributed by atoms with Gasteiger partial charge in [0.05, 0.1) is 6.10 Å². The number of carbonyl (C=O) groups is 1. The molecule has 1 heterocycles. The van der Waals surface area contributed by atoms with Crippen molar-refractivity contribution in [3.05, 3.63) is 64.1 Å². The molecule has 4 nitrogen and oxygen atoms in total. The smallest absolute Gasteiger partial charge is 0.260 e. The Hall–Kier alpha value is -1.75. The Balaban J connectivity index is 1.68. The minimum atomic E-state index is -0.102. The van der Waals surface area contributed by atoms with E-state index in [-0.39, 0.29) is 18.6 Å². The molecule has 1 aliphatic rings. The van der Waals surface area contributed by atoms with Gasteiger partial charge in [-0.25, -0.2) is 0 Å². The largest absolute Gasteiger partial charge is 0.484 e. The predicted molar refractivity (Wildman–Crippen MR) is 103 cm³/mol. The van der Waals surface area contributed by atoms with E-state index in [2.05, 4.69) is 0 Å². The van der Waals surface area contributed by atoms with Crippen molar-refractivity contribution in [1.82, 2.24) is 4.90 Å².